The number of hydrogen-bond donors (Lipinski definition) is 0. The molecule has 0 N–H and O–H groups in total. The molecule has 0 bridgehead atoms. The van der Waals surface area contributed by atoms with E-state index in [1.54, 1.807) is 0 Å². The molecule has 1 saturated carbocycles. The first-order chi connectivity index (χ1) is 12.2. The summed E-state index contributed by atoms with van der Waals surface area (Å²) >= 11 is 0. The zero-order chi connectivity index (χ0) is 17.4. The second-order valence-electron chi connectivity index (χ2n) is 7.04. The lowest BCUT2D eigenvalue weighted by atomic mass is 10.2. The van der Waals surface area contributed by atoms with E-state index in [2.05, 4.69) is 49.3 Å². The molecule has 0 spiro atoms. The second kappa shape index (κ2) is 6.80. The highest BCUT2D eigenvalue weighted by Gasteiger charge is 2.33. The maximum Gasteiger partial charge on any atom is 0.243 e. The van der Waals surface area contributed by atoms with Crippen LogP contribution < -0.4 is 0 Å². The molecule has 1 saturated heterocycles. The average Bonchev–Trinajstić information content (AvgIpc) is 3.19. The van der Waals surface area contributed by atoms with Gasteiger partial charge in [-0.3, -0.25) is 9.80 Å². The summed E-state index contributed by atoms with van der Waals surface area (Å²) in [5.41, 5.74) is 0. The highest BCUT2D eigenvalue weighted by atomic mass is 16.5. The Morgan fingerprint density at radius 2 is 1.76 bits per heavy atom. The molecule has 9 heteroatoms. The summed E-state index contributed by atoms with van der Waals surface area (Å²) in [6, 6.07) is 0.907. The van der Waals surface area contributed by atoms with Crippen LogP contribution in [0.15, 0.2) is 4.52 Å². The highest BCUT2D eigenvalue weighted by molar-refractivity contribution is 4.98. The first-order valence-corrected chi connectivity index (χ1v) is 9.25. The molecule has 25 heavy (non-hydrogen) atoms. The molecule has 0 radical (unpaired) electrons. The molecule has 2 atom stereocenters. The van der Waals surface area contributed by atoms with Crippen molar-refractivity contribution in [2.24, 2.45) is 0 Å². The molecule has 9 nitrogen and oxygen atoms in total. The zero-order valence-corrected chi connectivity index (χ0v) is 15.2. The quantitative estimate of drug-likeness (QED) is 0.775. The molecule has 3 heterocycles. The first-order valence-electron chi connectivity index (χ1n) is 9.25. The number of aromatic nitrogens is 6. The van der Waals surface area contributed by atoms with E-state index < -0.39 is 0 Å². The summed E-state index contributed by atoms with van der Waals surface area (Å²) in [6.45, 7) is 10.3. The average molecular weight is 346 g/mol. The van der Waals surface area contributed by atoms with Gasteiger partial charge in [0.15, 0.2) is 11.6 Å². The van der Waals surface area contributed by atoms with Crippen molar-refractivity contribution in [1.82, 2.24) is 40.1 Å². The number of hydrogen-bond acceptors (Lipinski definition) is 8. The van der Waals surface area contributed by atoms with E-state index in [0.29, 0.717) is 6.04 Å². The van der Waals surface area contributed by atoms with Gasteiger partial charge in [-0.25, -0.2) is 4.68 Å². The van der Waals surface area contributed by atoms with Gasteiger partial charge in [-0.2, -0.15) is 4.98 Å². The zero-order valence-electron chi connectivity index (χ0n) is 15.2. The maximum absolute atomic E-state index is 5.41. The van der Waals surface area contributed by atoms with Crippen LogP contribution in [-0.4, -0.2) is 66.3 Å². The molecule has 2 fully saturated rings. The predicted octanol–water partition coefficient (Wildman–Crippen LogP) is 1.39. The lowest BCUT2D eigenvalue weighted by Crippen LogP contribution is -2.48. The molecule has 2 aromatic heterocycles. The molecule has 0 aromatic carbocycles. The molecule has 136 valence electrons. The monoisotopic (exact) mass is 346 g/mol. The fourth-order valence-electron chi connectivity index (χ4n) is 3.47. The first kappa shape index (κ1) is 16.6. The van der Waals surface area contributed by atoms with Crippen LogP contribution >= 0.6 is 0 Å². The minimum absolute atomic E-state index is 0.155. The van der Waals surface area contributed by atoms with Gasteiger partial charge < -0.3 is 4.52 Å². The molecule has 1 aliphatic heterocycles. The molecular formula is C16H26N8O. The SMILES string of the molecule is CCc1noc([C@H](C)N2CCN([C@@H](C)c3nnnn3C3CC3)CC2)n1. The summed E-state index contributed by atoms with van der Waals surface area (Å²) in [4.78, 5) is 9.33. The van der Waals surface area contributed by atoms with Gasteiger partial charge in [0.1, 0.15) is 0 Å². The van der Waals surface area contributed by atoms with Crippen LogP contribution in [0.3, 0.4) is 0 Å². The van der Waals surface area contributed by atoms with E-state index in [9.17, 15) is 0 Å². The van der Waals surface area contributed by atoms with Crippen molar-refractivity contribution in [2.75, 3.05) is 26.2 Å². The highest BCUT2D eigenvalue weighted by Crippen LogP contribution is 2.36. The van der Waals surface area contributed by atoms with E-state index in [1.165, 1.54) is 12.8 Å². The smallest absolute Gasteiger partial charge is 0.243 e. The van der Waals surface area contributed by atoms with Gasteiger partial charge in [0.2, 0.25) is 5.89 Å². The second-order valence-corrected chi connectivity index (χ2v) is 7.04. The normalized spacial score (nSPS) is 22.2. The molecule has 1 aliphatic carbocycles. The van der Waals surface area contributed by atoms with Gasteiger partial charge in [-0.15, -0.1) is 5.10 Å². The topological polar surface area (TPSA) is 89.0 Å². The Balaban J connectivity index is 1.36. The summed E-state index contributed by atoms with van der Waals surface area (Å²) in [6.07, 6.45) is 3.19. The van der Waals surface area contributed by atoms with E-state index in [4.69, 9.17) is 4.52 Å². The lowest BCUT2D eigenvalue weighted by molar-refractivity contribution is 0.0643. The van der Waals surface area contributed by atoms with Crippen LogP contribution in [0.4, 0.5) is 0 Å². The van der Waals surface area contributed by atoms with Gasteiger partial charge in [0.05, 0.1) is 18.1 Å². The molecule has 4 rings (SSSR count). The van der Waals surface area contributed by atoms with Crippen molar-refractivity contribution < 1.29 is 4.52 Å². The van der Waals surface area contributed by atoms with Gasteiger partial charge >= 0.3 is 0 Å². The number of piperazine rings is 1. The third kappa shape index (κ3) is 3.30. The molecule has 0 unspecified atom stereocenters. The molecular weight excluding hydrogens is 320 g/mol. The Morgan fingerprint density at radius 3 is 2.36 bits per heavy atom. The van der Waals surface area contributed by atoms with Crippen molar-refractivity contribution in [1.29, 1.82) is 0 Å². The van der Waals surface area contributed by atoms with Crippen LogP contribution in [0, 0.1) is 0 Å². The molecule has 2 aromatic rings. The molecule has 0 amide bonds. The summed E-state index contributed by atoms with van der Waals surface area (Å²) in [7, 11) is 0. The number of rotatable bonds is 6. The van der Waals surface area contributed by atoms with Gasteiger partial charge in [0, 0.05) is 32.6 Å². The predicted molar refractivity (Wildman–Crippen MR) is 89.7 cm³/mol. The number of nitrogens with zero attached hydrogens (tertiary/aromatic N) is 8. The number of aryl methyl sites for hydroxylation is 1. The summed E-state index contributed by atoms with van der Waals surface area (Å²) in [5, 5.41) is 16.4. The van der Waals surface area contributed by atoms with E-state index in [1.807, 2.05) is 11.6 Å². The van der Waals surface area contributed by atoms with Crippen LogP contribution in [0.25, 0.3) is 0 Å². The van der Waals surface area contributed by atoms with Gasteiger partial charge in [0.25, 0.3) is 0 Å². The molecule has 2 aliphatic rings. The van der Waals surface area contributed by atoms with Crippen LogP contribution in [0.1, 0.15) is 69.3 Å². The van der Waals surface area contributed by atoms with Crippen molar-refractivity contribution in [3.8, 4) is 0 Å². The van der Waals surface area contributed by atoms with E-state index in [0.717, 1.165) is 50.1 Å². The van der Waals surface area contributed by atoms with E-state index in [-0.39, 0.29) is 12.1 Å². The Morgan fingerprint density at radius 1 is 1.08 bits per heavy atom. The van der Waals surface area contributed by atoms with Crippen molar-refractivity contribution in [3.63, 3.8) is 0 Å². The largest absolute Gasteiger partial charge is 0.338 e. The van der Waals surface area contributed by atoms with Crippen molar-refractivity contribution >= 4 is 0 Å². The Kier molecular flexibility index (Phi) is 4.51. The van der Waals surface area contributed by atoms with Crippen LogP contribution in [-0.2, 0) is 6.42 Å². The maximum atomic E-state index is 5.41. The Hall–Kier alpha value is -1.87. The van der Waals surface area contributed by atoms with Crippen LogP contribution in [0.2, 0.25) is 0 Å². The minimum atomic E-state index is 0.155. The van der Waals surface area contributed by atoms with Crippen molar-refractivity contribution in [3.05, 3.63) is 17.5 Å². The van der Waals surface area contributed by atoms with Gasteiger partial charge in [-0.1, -0.05) is 12.1 Å². The minimum Gasteiger partial charge on any atom is -0.338 e. The Labute approximate surface area is 147 Å². The fraction of sp³-hybridized carbons (Fsp3) is 0.812. The lowest BCUT2D eigenvalue weighted by Gasteiger charge is -2.39. The fourth-order valence-corrected chi connectivity index (χ4v) is 3.47. The summed E-state index contributed by atoms with van der Waals surface area (Å²) in [5.74, 6) is 2.49. The summed E-state index contributed by atoms with van der Waals surface area (Å²) < 4.78 is 7.42. The third-order valence-electron chi connectivity index (χ3n) is 5.39. The Bertz CT molecular complexity index is 701. The third-order valence-corrected chi connectivity index (χ3v) is 5.39. The van der Waals surface area contributed by atoms with Gasteiger partial charge in [-0.05, 0) is 37.1 Å². The standard InChI is InChI=1S/C16H26N8O/c1-4-14-17-16(25-19-14)12(3)23-9-7-22(8-10-23)11(2)15-18-20-21-24(15)13-5-6-13/h11-13H,4-10H2,1-3H3/t11-,12-/m0/s1. The van der Waals surface area contributed by atoms with Crippen molar-refractivity contribution in [2.45, 2.75) is 58.2 Å². The number of tetrazole rings is 1. The van der Waals surface area contributed by atoms with Crippen LogP contribution in [0.5, 0.6) is 0 Å². The van der Waals surface area contributed by atoms with E-state index >= 15 is 0 Å².